The number of hydrogen-bond donors (Lipinski definition) is 3. The number of phenols is 1. The first-order valence-electron chi connectivity index (χ1n) is 11.4. The monoisotopic (exact) mass is 448 g/mol. The Morgan fingerprint density at radius 2 is 1.88 bits per heavy atom. The number of rotatable bonds is 4. The normalized spacial score (nSPS) is 24.2. The molecule has 172 valence electrons. The fraction of sp³-hybridized carbons (Fsp3) is 0.370. The fourth-order valence-electron chi connectivity index (χ4n) is 4.94. The van der Waals surface area contributed by atoms with Crippen molar-refractivity contribution in [2.45, 2.75) is 62.8 Å². The van der Waals surface area contributed by atoms with Crippen molar-refractivity contribution in [1.29, 1.82) is 0 Å². The molecule has 0 spiro atoms. The number of ether oxygens (including phenoxy) is 1. The van der Waals surface area contributed by atoms with Crippen molar-refractivity contribution in [2.24, 2.45) is 0 Å². The molecular formula is C27H28O6. The lowest BCUT2D eigenvalue weighted by Crippen LogP contribution is -2.48. The third kappa shape index (κ3) is 3.83. The molecule has 1 aliphatic heterocycles. The maximum atomic E-state index is 12.8. The average Bonchev–Trinajstić information content (AvgIpc) is 3.23. The van der Waals surface area contributed by atoms with E-state index in [1.54, 1.807) is 6.07 Å². The summed E-state index contributed by atoms with van der Waals surface area (Å²) in [5.41, 5.74) is -0.881. The Bertz CT molecular complexity index is 1270. The molecule has 6 nitrogen and oxygen atoms in total. The SMILES string of the molecule is C[C@]1(CC=Cc2ccccc2)Oc2cc3oc(C4(O)CCCC4)cc(=O)c3c(O)c2C[C@H]1O. The van der Waals surface area contributed by atoms with E-state index in [4.69, 9.17) is 9.15 Å². The molecule has 3 N–H and O–H groups in total. The van der Waals surface area contributed by atoms with Crippen molar-refractivity contribution in [2.75, 3.05) is 0 Å². The zero-order valence-corrected chi connectivity index (χ0v) is 18.6. The van der Waals surface area contributed by atoms with Gasteiger partial charge >= 0.3 is 0 Å². The van der Waals surface area contributed by atoms with Gasteiger partial charge in [-0.15, -0.1) is 0 Å². The highest BCUT2D eigenvalue weighted by atomic mass is 16.5. The topological polar surface area (TPSA) is 100 Å². The molecule has 1 fully saturated rings. The van der Waals surface area contributed by atoms with E-state index in [0.29, 0.717) is 30.6 Å². The highest BCUT2D eigenvalue weighted by Crippen LogP contribution is 2.45. The molecular weight excluding hydrogens is 420 g/mol. The van der Waals surface area contributed by atoms with Gasteiger partial charge in [-0.1, -0.05) is 42.5 Å². The van der Waals surface area contributed by atoms with E-state index in [-0.39, 0.29) is 28.9 Å². The van der Waals surface area contributed by atoms with Gasteiger partial charge in [-0.2, -0.15) is 0 Å². The quantitative estimate of drug-likeness (QED) is 0.546. The molecule has 0 radical (unpaired) electrons. The predicted molar refractivity (Wildman–Crippen MR) is 125 cm³/mol. The second kappa shape index (κ2) is 8.04. The Morgan fingerprint density at radius 1 is 1.15 bits per heavy atom. The average molecular weight is 449 g/mol. The lowest BCUT2D eigenvalue weighted by Gasteiger charge is -2.39. The largest absolute Gasteiger partial charge is 0.507 e. The minimum absolute atomic E-state index is 0.0440. The van der Waals surface area contributed by atoms with E-state index in [1.807, 2.05) is 49.4 Å². The summed E-state index contributed by atoms with van der Waals surface area (Å²) >= 11 is 0. The van der Waals surface area contributed by atoms with Gasteiger partial charge in [0.1, 0.15) is 39.4 Å². The minimum atomic E-state index is -1.16. The molecule has 0 amide bonds. The van der Waals surface area contributed by atoms with Crippen LogP contribution in [0.1, 0.15) is 55.9 Å². The summed E-state index contributed by atoms with van der Waals surface area (Å²) in [4.78, 5) is 12.8. The van der Waals surface area contributed by atoms with Crippen molar-refractivity contribution in [3.05, 3.63) is 75.7 Å². The lowest BCUT2D eigenvalue weighted by molar-refractivity contribution is -0.0523. The Labute approximate surface area is 191 Å². The number of fused-ring (bicyclic) bond motifs is 2. The molecule has 2 atom stereocenters. The van der Waals surface area contributed by atoms with Gasteiger partial charge in [0.15, 0.2) is 5.43 Å². The number of aliphatic hydroxyl groups is 2. The summed E-state index contributed by atoms with van der Waals surface area (Å²) in [7, 11) is 0. The lowest BCUT2D eigenvalue weighted by atomic mass is 9.85. The smallest absolute Gasteiger partial charge is 0.196 e. The van der Waals surface area contributed by atoms with Gasteiger partial charge in [0.25, 0.3) is 0 Å². The second-order valence-electron chi connectivity index (χ2n) is 9.44. The molecule has 2 heterocycles. The van der Waals surface area contributed by atoms with Crippen molar-refractivity contribution >= 4 is 17.0 Å². The van der Waals surface area contributed by atoms with E-state index < -0.39 is 22.7 Å². The standard InChI is InChI=1S/C27H28O6/c1-26(11-7-10-17-8-3-2-4-9-17)22(29)14-18-20(33-26)16-21-24(25(18)30)19(28)15-23(32-21)27(31)12-5-6-13-27/h2-4,7-10,15-16,22,29-31H,5-6,11-14H2,1H3/t22-,26-/m1/s1. The van der Waals surface area contributed by atoms with Crippen LogP contribution in [-0.4, -0.2) is 27.0 Å². The van der Waals surface area contributed by atoms with Gasteiger partial charge in [-0.25, -0.2) is 0 Å². The molecule has 0 bridgehead atoms. The van der Waals surface area contributed by atoms with Crippen LogP contribution in [0.15, 0.2) is 57.8 Å². The number of benzene rings is 2. The highest BCUT2D eigenvalue weighted by Gasteiger charge is 2.41. The van der Waals surface area contributed by atoms with Gasteiger partial charge < -0.3 is 24.5 Å². The van der Waals surface area contributed by atoms with Gasteiger partial charge in [0.2, 0.25) is 0 Å². The summed E-state index contributed by atoms with van der Waals surface area (Å²) < 4.78 is 12.1. The molecule has 2 aliphatic rings. The molecule has 1 aliphatic carbocycles. The van der Waals surface area contributed by atoms with Crippen LogP contribution in [0.3, 0.4) is 0 Å². The van der Waals surface area contributed by atoms with E-state index in [9.17, 15) is 20.1 Å². The Kier molecular flexibility index (Phi) is 5.30. The molecule has 0 unspecified atom stereocenters. The third-order valence-corrected chi connectivity index (χ3v) is 7.03. The molecule has 5 rings (SSSR count). The maximum absolute atomic E-state index is 12.8. The molecule has 0 saturated heterocycles. The molecule has 33 heavy (non-hydrogen) atoms. The molecule has 1 aromatic heterocycles. The van der Waals surface area contributed by atoms with Crippen LogP contribution in [-0.2, 0) is 12.0 Å². The Hall–Kier alpha value is -3.09. The first kappa shape index (κ1) is 21.7. The number of phenolic OH excluding ortho intramolecular Hbond substituents is 1. The van der Waals surface area contributed by atoms with Gasteiger partial charge in [-0.05, 0) is 38.2 Å². The Balaban J connectivity index is 1.51. The first-order chi connectivity index (χ1) is 15.8. The fourth-order valence-corrected chi connectivity index (χ4v) is 4.94. The minimum Gasteiger partial charge on any atom is -0.507 e. The van der Waals surface area contributed by atoms with Crippen LogP contribution < -0.4 is 10.2 Å². The maximum Gasteiger partial charge on any atom is 0.196 e. The highest BCUT2D eigenvalue weighted by molar-refractivity contribution is 5.87. The van der Waals surface area contributed by atoms with E-state index >= 15 is 0 Å². The summed E-state index contributed by atoms with van der Waals surface area (Å²) in [5.74, 6) is 0.364. The summed E-state index contributed by atoms with van der Waals surface area (Å²) in [6.45, 7) is 1.82. The summed E-state index contributed by atoms with van der Waals surface area (Å²) in [6, 6.07) is 12.7. The zero-order chi connectivity index (χ0) is 23.2. The molecule has 6 heteroatoms. The van der Waals surface area contributed by atoms with Crippen molar-refractivity contribution in [3.8, 4) is 11.5 Å². The van der Waals surface area contributed by atoms with Gasteiger partial charge in [0, 0.05) is 30.5 Å². The number of hydrogen-bond acceptors (Lipinski definition) is 6. The first-order valence-corrected chi connectivity index (χ1v) is 11.4. The molecule has 3 aromatic rings. The molecule has 1 saturated carbocycles. The van der Waals surface area contributed by atoms with Crippen LogP contribution in [0, 0.1) is 0 Å². The number of aliphatic hydroxyl groups excluding tert-OH is 1. The van der Waals surface area contributed by atoms with E-state index in [0.717, 1.165) is 18.4 Å². The molecule has 2 aromatic carbocycles. The van der Waals surface area contributed by atoms with Gasteiger partial charge in [-0.3, -0.25) is 4.79 Å². The van der Waals surface area contributed by atoms with Crippen LogP contribution in [0.25, 0.3) is 17.0 Å². The summed E-state index contributed by atoms with van der Waals surface area (Å²) in [6.07, 6.45) is 6.45. The van der Waals surface area contributed by atoms with Crippen molar-refractivity contribution in [1.82, 2.24) is 0 Å². The van der Waals surface area contributed by atoms with Crippen molar-refractivity contribution in [3.63, 3.8) is 0 Å². The van der Waals surface area contributed by atoms with E-state index in [1.165, 1.54) is 6.07 Å². The van der Waals surface area contributed by atoms with Crippen LogP contribution >= 0.6 is 0 Å². The van der Waals surface area contributed by atoms with E-state index in [2.05, 4.69) is 0 Å². The van der Waals surface area contributed by atoms with Gasteiger partial charge in [0.05, 0.1) is 6.10 Å². The zero-order valence-electron chi connectivity index (χ0n) is 18.6. The Morgan fingerprint density at radius 3 is 2.61 bits per heavy atom. The third-order valence-electron chi connectivity index (χ3n) is 7.03. The van der Waals surface area contributed by atoms with Crippen LogP contribution in [0.5, 0.6) is 11.5 Å². The van der Waals surface area contributed by atoms with Crippen LogP contribution in [0.4, 0.5) is 0 Å². The van der Waals surface area contributed by atoms with Crippen molar-refractivity contribution < 1.29 is 24.5 Å². The predicted octanol–water partition coefficient (Wildman–Crippen LogP) is 4.42. The summed E-state index contributed by atoms with van der Waals surface area (Å²) in [5, 5.41) is 32.7. The number of aromatic hydroxyl groups is 1. The second-order valence-corrected chi connectivity index (χ2v) is 9.44. The van der Waals surface area contributed by atoms with Crippen LogP contribution in [0.2, 0.25) is 0 Å².